The number of methoxy groups -OCH3 is 1. The number of nitrogens with one attached hydrogen (secondary N) is 1. The van der Waals surface area contributed by atoms with Crippen LogP contribution in [0.25, 0.3) is 11.4 Å². The molecule has 1 fully saturated rings. The van der Waals surface area contributed by atoms with Crippen LogP contribution < -0.4 is 10.1 Å². The Morgan fingerprint density at radius 2 is 2.03 bits per heavy atom. The topological polar surface area (TPSA) is 94.4 Å². The van der Waals surface area contributed by atoms with Gasteiger partial charge in [-0.25, -0.2) is 9.97 Å². The maximum absolute atomic E-state index is 12.8. The minimum Gasteiger partial charge on any atom is -0.495 e. The summed E-state index contributed by atoms with van der Waals surface area (Å²) < 4.78 is 12.7. The van der Waals surface area contributed by atoms with Gasteiger partial charge in [-0.05, 0) is 38.1 Å². The first-order valence-corrected chi connectivity index (χ1v) is 10.7. The van der Waals surface area contributed by atoms with Gasteiger partial charge >= 0.3 is 0 Å². The Bertz CT molecular complexity index is 1110. The van der Waals surface area contributed by atoms with Gasteiger partial charge in [0.15, 0.2) is 0 Å². The summed E-state index contributed by atoms with van der Waals surface area (Å²) in [4.78, 5) is 23.4. The van der Waals surface area contributed by atoms with Crippen LogP contribution in [0.5, 0.6) is 5.75 Å². The second-order valence-electron chi connectivity index (χ2n) is 7.61. The molecule has 168 valence electrons. The molecule has 0 saturated carbocycles. The van der Waals surface area contributed by atoms with Crippen LogP contribution in [0.1, 0.15) is 30.2 Å². The van der Waals surface area contributed by atoms with Gasteiger partial charge in [0.2, 0.25) is 5.95 Å². The molecular formula is C22H25ClN6O3. The molecule has 9 nitrogen and oxygen atoms in total. The van der Waals surface area contributed by atoms with Crippen LogP contribution in [-0.4, -0.2) is 64.0 Å². The zero-order valence-corrected chi connectivity index (χ0v) is 19.0. The Kier molecular flexibility index (Phi) is 6.57. The summed E-state index contributed by atoms with van der Waals surface area (Å²) in [7, 11) is 1.55. The summed E-state index contributed by atoms with van der Waals surface area (Å²) in [5.41, 5.74) is 2.37. The van der Waals surface area contributed by atoms with Gasteiger partial charge in [0.1, 0.15) is 17.1 Å². The first-order valence-electron chi connectivity index (χ1n) is 10.4. The zero-order valence-electron chi connectivity index (χ0n) is 18.2. The van der Waals surface area contributed by atoms with Crippen LogP contribution in [0.15, 0.2) is 36.7 Å². The fourth-order valence-electron chi connectivity index (χ4n) is 3.36. The number of amides is 1. The van der Waals surface area contributed by atoms with Crippen molar-refractivity contribution in [3.05, 3.63) is 47.2 Å². The third kappa shape index (κ3) is 4.68. The number of rotatable bonds is 6. The Morgan fingerprint density at radius 3 is 2.72 bits per heavy atom. The molecular weight excluding hydrogens is 432 g/mol. The third-order valence-corrected chi connectivity index (χ3v) is 5.39. The monoisotopic (exact) mass is 456 g/mol. The van der Waals surface area contributed by atoms with Gasteiger partial charge in [-0.3, -0.25) is 9.48 Å². The fraction of sp³-hybridized carbons (Fsp3) is 0.364. The third-order valence-electron chi connectivity index (χ3n) is 5.12. The standard InChI is InChI=1S/C22H25ClN6O3/c1-14(2)29-7-6-18(27-29)20-16(23)13-24-22(26-20)25-17-5-4-15(12-19(17)31-3)21(30)28-8-10-32-11-9-28/h4-7,12-14H,8-11H2,1-3H3,(H,24,25,26). The zero-order chi connectivity index (χ0) is 22.7. The van der Waals surface area contributed by atoms with Crippen molar-refractivity contribution >= 4 is 29.1 Å². The molecule has 0 atom stereocenters. The Morgan fingerprint density at radius 1 is 1.25 bits per heavy atom. The number of anilines is 2. The van der Waals surface area contributed by atoms with Crippen LogP contribution in [0, 0.1) is 0 Å². The number of ether oxygens (including phenoxy) is 2. The van der Waals surface area contributed by atoms with E-state index in [1.54, 1.807) is 30.2 Å². The number of morpholine rings is 1. The Balaban J connectivity index is 1.57. The molecule has 0 bridgehead atoms. The Labute approximate surface area is 191 Å². The molecule has 10 heteroatoms. The van der Waals surface area contributed by atoms with Crippen LogP contribution in [0.4, 0.5) is 11.6 Å². The van der Waals surface area contributed by atoms with Gasteiger partial charge in [-0.2, -0.15) is 5.10 Å². The molecule has 1 N–H and O–H groups in total. The summed E-state index contributed by atoms with van der Waals surface area (Å²) in [5, 5.41) is 8.09. The molecule has 0 unspecified atom stereocenters. The van der Waals surface area contributed by atoms with E-state index in [4.69, 9.17) is 21.1 Å². The number of hydrogen-bond acceptors (Lipinski definition) is 7. The molecule has 1 aromatic carbocycles. The molecule has 3 aromatic rings. The van der Waals surface area contributed by atoms with Crippen molar-refractivity contribution in [1.29, 1.82) is 0 Å². The van der Waals surface area contributed by atoms with E-state index in [9.17, 15) is 4.79 Å². The molecule has 32 heavy (non-hydrogen) atoms. The maximum Gasteiger partial charge on any atom is 0.254 e. The number of nitrogens with zero attached hydrogens (tertiary/aromatic N) is 5. The summed E-state index contributed by atoms with van der Waals surface area (Å²) in [6, 6.07) is 7.33. The van der Waals surface area contributed by atoms with Crippen LogP contribution >= 0.6 is 11.6 Å². The summed E-state index contributed by atoms with van der Waals surface area (Å²) in [5.74, 6) is 0.797. The average molecular weight is 457 g/mol. The van der Waals surface area contributed by atoms with Crippen molar-refractivity contribution in [2.75, 3.05) is 38.7 Å². The van der Waals surface area contributed by atoms with E-state index < -0.39 is 0 Å². The number of halogens is 1. The van der Waals surface area contributed by atoms with Crippen molar-refractivity contribution in [2.24, 2.45) is 0 Å². The van der Waals surface area contributed by atoms with Crippen molar-refractivity contribution in [3.8, 4) is 17.1 Å². The number of carbonyl (C=O) groups is 1. The number of benzene rings is 1. The van der Waals surface area contributed by atoms with E-state index in [1.165, 1.54) is 6.20 Å². The summed E-state index contributed by atoms with van der Waals surface area (Å²) in [6.07, 6.45) is 3.42. The van der Waals surface area contributed by atoms with Crippen molar-refractivity contribution < 1.29 is 14.3 Å². The molecule has 0 aliphatic carbocycles. The molecule has 2 aromatic heterocycles. The van der Waals surface area contributed by atoms with Gasteiger partial charge in [0.05, 0.1) is 37.2 Å². The molecule has 3 heterocycles. The number of carbonyl (C=O) groups excluding carboxylic acids is 1. The molecule has 0 spiro atoms. The lowest BCUT2D eigenvalue weighted by Crippen LogP contribution is -2.40. The highest BCUT2D eigenvalue weighted by Crippen LogP contribution is 2.30. The number of hydrogen-bond donors (Lipinski definition) is 1. The predicted molar refractivity (Wildman–Crippen MR) is 122 cm³/mol. The smallest absolute Gasteiger partial charge is 0.254 e. The second-order valence-corrected chi connectivity index (χ2v) is 8.02. The molecule has 1 aliphatic heterocycles. The quantitative estimate of drug-likeness (QED) is 0.602. The SMILES string of the molecule is COc1cc(C(=O)N2CCOCC2)ccc1Nc1ncc(Cl)c(-c2ccn(C(C)C)n2)n1. The normalized spacial score (nSPS) is 14.0. The van der Waals surface area contributed by atoms with E-state index in [-0.39, 0.29) is 11.9 Å². The number of aromatic nitrogens is 4. The van der Waals surface area contributed by atoms with E-state index in [1.807, 2.05) is 30.8 Å². The fourth-order valence-corrected chi connectivity index (χ4v) is 3.54. The first-order chi connectivity index (χ1) is 15.5. The van der Waals surface area contributed by atoms with E-state index in [2.05, 4.69) is 20.4 Å². The van der Waals surface area contributed by atoms with Gasteiger partial charge in [0.25, 0.3) is 5.91 Å². The lowest BCUT2D eigenvalue weighted by molar-refractivity contribution is 0.0302. The van der Waals surface area contributed by atoms with Crippen LogP contribution in [-0.2, 0) is 4.74 Å². The highest BCUT2D eigenvalue weighted by Gasteiger charge is 2.20. The van der Waals surface area contributed by atoms with Crippen molar-refractivity contribution in [3.63, 3.8) is 0 Å². The highest BCUT2D eigenvalue weighted by atomic mass is 35.5. The molecule has 1 amide bonds. The lowest BCUT2D eigenvalue weighted by Gasteiger charge is -2.27. The molecule has 4 rings (SSSR count). The summed E-state index contributed by atoms with van der Waals surface area (Å²) >= 11 is 6.33. The molecule has 1 aliphatic rings. The largest absolute Gasteiger partial charge is 0.495 e. The van der Waals surface area contributed by atoms with Crippen molar-refractivity contribution in [2.45, 2.75) is 19.9 Å². The first kappa shape index (κ1) is 22.0. The lowest BCUT2D eigenvalue weighted by atomic mass is 10.1. The second kappa shape index (κ2) is 9.54. The van der Waals surface area contributed by atoms with Gasteiger partial charge < -0.3 is 19.7 Å². The van der Waals surface area contributed by atoms with Crippen LogP contribution in [0.3, 0.4) is 0 Å². The summed E-state index contributed by atoms with van der Waals surface area (Å²) in [6.45, 7) is 6.35. The average Bonchev–Trinajstić information content (AvgIpc) is 3.31. The van der Waals surface area contributed by atoms with Crippen molar-refractivity contribution in [1.82, 2.24) is 24.6 Å². The van der Waals surface area contributed by atoms with Gasteiger partial charge in [0, 0.05) is 30.9 Å². The maximum atomic E-state index is 12.8. The minimum absolute atomic E-state index is 0.0519. The van der Waals surface area contributed by atoms with E-state index in [0.717, 1.165) is 0 Å². The minimum atomic E-state index is -0.0519. The van der Waals surface area contributed by atoms with E-state index in [0.29, 0.717) is 65.7 Å². The van der Waals surface area contributed by atoms with Crippen LogP contribution in [0.2, 0.25) is 5.02 Å². The predicted octanol–water partition coefficient (Wildman–Crippen LogP) is 3.80. The molecule has 1 saturated heterocycles. The van der Waals surface area contributed by atoms with E-state index >= 15 is 0 Å². The molecule has 0 radical (unpaired) electrons. The van der Waals surface area contributed by atoms with Gasteiger partial charge in [-0.15, -0.1) is 0 Å². The van der Waals surface area contributed by atoms with Gasteiger partial charge in [-0.1, -0.05) is 11.6 Å². The Hall–Kier alpha value is -3.17. The highest BCUT2D eigenvalue weighted by molar-refractivity contribution is 6.32.